The lowest BCUT2D eigenvalue weighted by atomic mass is 10.0. The predicted molar refractivity (Wildman–Crippen MR) is 194 cm³/mol. The standard InChI is InChI=1S/C22H25N5.C8H18O.C4H10.C2H4O.C2H6/c1-15(2)10-17-4-5-18(11-16(17)3)22-23-8-6-21(26-22)27-9-7-19(14-27)20-12-24-25-13-20;1-4-6-8(5-2)7-9-3;1-3-4-2;1-2-3;1-2/h4-6,8,10-13,19H,7,9,14H2,1-3H3,(H,24,25);8H,4-7H2,1-3H3;3-4H2,1-2H3;2H,1H3;1-2H3. The topological polar surface area (TPSA) is 84.0 Å². The van der Waals surface area contributed by atoms with Gasteiger partial charge in [-0.2, -0.15) is 5.10 Å². The van der Waals surface area contributed by atoms with E-state index in [2.05, 4.69) is 92.8 Å². The fraction of sp³-hybridized carbons (Fsp3) is 0.579. The Morgan fingerprint density at radius 2 is 1.80 bits per heavy atom. The van der Waals surface area contributed by atoms with Gasteiger partial charge in [-0.1, -0.05) is 91.0 Å². The highest BCUT2D eigenvalue weighted by molar-refractivity contribution is 5.64. The quantitative estimate of drug-likeness (QED) is 0.227. The lowest BCUT2D eigenvalue weighted by molar-refractivity contribution is -0.106. The average molecular weight is 622 g/mol. The third-order valence-electron chi connectivity index (χ3n) is 7.29. The fourth-order valence-corrected chi connectivity index (χ4v) is 4.73. The Bertz CT molecular complexity index is 1160. The number of unbranched alkanes of at least 4 members (excludes halogenated alkanes) is 1. The van der Waals surface area contributed by atoms with Crippen LogP contribution in [0.5, 0.6) is 0 Å². The minimum Gasteiger partial charge on any atom is -0.384 e. The van der Waals surface area contributed by atoms with Gasteiger partial charge in [0.25, 0.3) is 0 Å². The summed E-state index contributed by atoms with van der Waals surface area (Å²) < 4.78 is 5.05. The summed E-state index contributed by atoms with van der Waals surface area (Å²) in [6.07, 6.45) is 16.3. The predicted octanol–water partition coefficient (Wildman–Crippen LogP) is 10.1. The highest BCUT2D eigenvalue weighted by Gasteiger charge is 2.25. The lowest BCUT2D eigenvalue weighted by Gasteiger charge is -2.18. The highest BCUT2D eigenvalue weighted by Crippen LogP contribution is 2.30. The minimum absolute atomic E-state index is 0.507. The van der Waals surface area contributed by atoms with Gasteiger partial charge in [-0.05, 0) is 75.3 Å². The molecule has 252 valence electrons. The van der Waals surface area contributed by atoms with Crippen LogP contribution < -0.4 is 4.90 Å². The molecule has 1 aliphatic heterocycles. The number of aromatic nitrogens is 4. The number of benzene rings is 1. The normalized spacial score (nSPS) is 13.8. The van der Waals surface area contributed by atoms with Gasteiger partial charge in [0.2, 0.25) is 0 Å². The van der Waals surface area contributed by atoms with Crippen molar-refractivity contribution in [1.82, 2.24) is 20.2 Å². The molecule has 0 spiro atoms. The number of aryl methyl sites for hydroxylation is 1. The van der Waals surface area contributed by atoms with E-state index >= 15 is 0 Å². The van der Waals surface area contributed by atoms with Crippen molar-refractivity contribution in [2.45, 2.75) is 114 Å². The van der Waals surface area contributed by atoms with E-state index in [9.17, 15) is 0 Å². The van der Waals surface area contributed by atoms with Gasteiger partial charge < -0.3 is 14.4 Å². The summed E-state index contributed by atoms with van der Waals surface area (Å²) in [7, 11) is 1.78. The van der Waals surface area contributed by atoms with Gasteiger partial charge in [0, 0.05) is 50.7 Å². The van der Waals surface area contributed by atoms with Crippen molar-refractivity contribution in [3.05, 3.63) is 65.1 Å². The zero-order chi connectivity index (χ0) is 34.0. The number of methoxy groups -OCH3 is 1. The molecule has 0 amide bonds. The second-order valence-electron chi connectivity index (χ2n) is 11.2. The van der Waals surface area contributed by atoms with Crippen molar-refractivity contribution in [3.8, 4) is 11.4 Å². The SMILES string of the molecule is CC.CC(C)=Cc1ccc(-c2nccc(N3CCC(c4cn[nH]c4)C3)n2)cc1C.CC=O.CCCC.CCCC(CC)COC. The van der Waals surface area contributed by atoms with Gasteiger partial charge in [-0.15, -0.1) is 0 Å². The number of carbonyl (C=O) groups is 1. The number of rotatable bonds is 10. The molecule has 1 aliphatic rings. The van der Waals surface area contributed by atoms with Gasteiger partial charge in [-0.3, -0.25) is 5.10 Å². The van der Waals surface area contributed by atoms with E-state index in [0.29, 0.717) is 5.92 Å². The molecule has 3 heterocycles. The number of nitrogens with one attached hydrogen (secondary N) is 1. The molecule has 1 saturated heterocycles. The number of anilines is 1. The van der Waals surface area contributed by atoms with Crippen LogP contribution in [0.1, 0.15) is 123 Å². The van der Waals surface area contributed by atoms with Crippen LogP contribution in [0.15, 0.2) is 48.4 Å². The number of hydrogen-bond acceptors (Lipinski definition) is 6. The maximum absolute atomic E-state index is 8.81. The van der Waals surface area contributed by atoms with E-state index < -0.39 is 0 Å². The number of aldehydes is 1. The van der Waals surface area contributed by atoms with Gasteiger partial charge in [0.05, 0.1) is 6.20 Å². The summed E-state index contributed by atoms with van der Waals surface area (Å²) >= 11 is 0. The van der Waals surface area contributed by atoms with E-state index in [0.717, 1.165) is 55.5 Å². The van der Waals surface area contributed by atoms with Crippen molar-refractivity contribution in [1.29, 1.82) is 0 Å². The average Bonchev–Trinajstić information content (AvgIpc) is 3.77. The van der Waals surface area contributed by atoms with Crippen LogP contribution in [0.25, 0.3) is 17.5 Å². The number of allylic oxidation sites excluding steroid dienone is 1. The first-order chi connectivity index (χ1) is 21.8. The summed E-state index contributed by atoms with van der Waals surface area (Å²) in [5, 5.41) is 6.99. The van der Waals surface area contributed by atoms with Crippen LogP contribution in [-0.4, -0.2) is 53.3 Å². The number of H-pyrrole nitrogens is 1. The maximum atomic E-state index is 8.81. The molecule has 4 rings (SSSR count). The Hall–Kier alpha value is -3.32. The number of hydrogen-bond donors (Lipinski definition) is 1. The zero-order valence-electron chi connectivity index (χ0n) is 30.3. The number of nitrogens with zero attached hydrogens (tertiary/aromatic N) is 4. The van der Waals surface area contributed by atoms with Crippen LogP contribution in [-0.2, 0) is 9.53 Å². The van der Waals surface area contributed by atoms with Crippen LogP contribution >= 0.6 is 0 Å². The molecule has 1 N–H and O–H groups in total. The molecule has 7 heteroatoms. The van der Waals surface area contributed by atoms with E-state index in [-0.39, 0.29) is 0 Å². The first kappa shape index (κ1) is 41.7. The number of ether oxygens (including phenoxy) is 1. The van der Waals surface area contributed by atoms with Crippen molar-refractivity contribution in [2.75, 3.05) is 31.7 Å². The summed E-state index contributed by atoms with van der Waals surface area (Å²) in [5.74, 6) is 3.08. The largest absolute Gasteiger partial charge is 0.384 e. The second-order valence-corrected chi connectivity index (χ2v) is 11.2. The first-order valence-corrected chi connectivity index (χ1v) is 17.0. The molecule has 0 aliphatic carbocycles. The molecule has 3 aromatic rings. The highest BCUT2D eigenvalue weighted by atomic mass is 16.5. The summed E-state index contributed by atoms with van der Waals surface area (Å²) in [4.78, 5) is 20.5. The Labute approximate surface area is 275 Å². The number of aromatic amines is 1. The molecule has 0 saturated carbocycles. The van der Waals surface area contributed by atoms with Crippen molar-refractivity contribution in [2.24, 2.45) is 5.92 Å². The molecule has 7 nitrogen and oxygen atoms in total. The third-order valence-corrected chi connectivity index (χ3v) is 7.29. The van der Waals surface area contributed by atoms with Crippen LogP contribution in [0, 0.1) is 12.8 Å². The molecule has 1 fully saturated rings. The van der Waals surface area contributed by atoms with Crippen LogP contribution in [0.4, 0.5) is 5.82 Å². The van der Waals surface area contributed by atoms with Gasteiger partial charge in [0.15, 0.2) is 5.82 Å². The van der Waals surface area contributed by atoms with Gasteiger partial charge in [-0.25, -0.2) is 9.97 Å². The first-order valence-electron chi connectivity index (χ1n) is 17.0. The Kier molecular flexibility index (Phi) is 24.0. The van der Waals surface area contributed by atoms with Gasteiger partial charge in [0.1, 0.15) is 12.1 Å². The molecule has 0 radical (unpaired) electrons. The maximum Gasteiger partial charge on any atom is 0.161 e. The van der Waals surface area contributed by atoms with E-state index in [4.69, 9.17) is 14.5 Å². The minimum atomic E-state index is 0.507. The zero-order valence-corrected chi connectivity index (χ0v) is 30.3. The molecule has 0 bridgehead atoms. The van der Waals surface area contributed by atoms with E-state index in [1.165, 1.54) is 61.3 Å². The fourth-order valence-electron chi connectivity index (χ4n) is 4.73. The summed E-state index contributed by atoms with van der Waals surface area (Å²) in [6.45, 7) is 23.5. The monoisotopic (exact) mass is 621 g/mol. The molecule has 1 aromatic carbocycles. The van der Waals surface area contributed by atoms with Crippen molar-refractivity contribution in [3.63, 3.8) is 0 Å². The molecule has 45 heavy (non-hydrogen) atoms. The van der Waals surface area contributed by atoms with Crippen LogP contribution in [0.2, 0.25) is 0 Å². The molecular weight excluding hydrogens is 558 g/mol. The number of carbonyl (C=O) groups excluding carboxylic acids is 1. The Balaban J connectivity index is 0.000000894. The molecule has 2 unspecified atom stereocenters. The van der Waals surface area contributed by atoms with Crippen molar-refractivity contribution >= 4 is 18.2 Å². The Morgan fingerprint density at radius 1 is 1.11 bits per heavy atom. The molecule has 2 atom stereocenters. The van der Waals surface area contributed by atoms with E-state index in [1.807, 2.05) is 38.5 Å². The lowest BCUT2D eigenvalue weighted by Crippen LogP contribution is -2.20. The third kappa shape index (κ3) is 16.5. The van der Waals surface area contributed by atoms with Crippen LogP contribution in [0.3, 0.4) is 0 Å². The summed E-state index contributed by atoms with van der Waals surface area (Å²) in [6, 6.07) is 8.44. The second kappa shape index (κ2) is 26.0. The molecule has 2 aromatic heterocycles. The molecular formula is C38H63N5O2. The Morgan fingerprint density at radius 3 is 2.31 bits per heavy atom. The van der Waals surface area contributed by atoms with Gasteiger partial charge >= 0.3 is 0 Å². The smallest absolute Gasteiger partial charge is 0.161 e. The van der Waals surface area contributed by atoms with E-state index in [1.54, 1.807) is 7.11 Å². The summed E-state index contributed by atoms with van der Waals surface area (Å²) in [5.41, 5.74) is 6.12. The van der Waals surface area contributed by atoms with Crippen molar-refractivity contribution < 1.29 is 9.53 Å².